The Bertz CT molecular complexity index is 1330. The van der Waals surface area contributed by atoms with E-state index in [1.54, 1.807) is 0 Å². The number of hydrogen-bond donors (Lipinski definition) is 0. The topological polar surface area (TPSA) is 88.6 Å². The molecule has 6 heteroatoms. The fourth-order valence-corrected chi connectivity index (χ4v) is 10.5. The molecule has 0 aliphatic heterocycles. The minimum Gasteiger partial charge on any atom is -0.314 e. The Morgan fingerprint density at radius 1 is 0.947 bits per heavy atom. The summed E-state index contributed by atoms with van der Waals surface area (Å²) in [6.07, 6.45) is 14.7. The molecule has 6 rings (SSSR count). The van der Waals surface area contributed by atoms with Crippen LogP contribution in [0.5, 0.6) is 0 Å². The van der Waals surface area contributed by atoms with Crippen LogP contribution in [0.15, 0.2) is 36.0 Å². The largest absolute Gasteiger partial charge is 0.314 e. The van der Waals surface area contributed by atoms with Crippen molar-refractivity contribution in [2.45, 2.75) is 99.0 Å². The number of ketones is 2. The average molecular weight is 515 g/mol. The molecule has 7 atom stereocenters. The molecule has 5 aliphatic rings. The molecule has 1 heterocycles. The molecule has 0 saturated heterocycles. The van der Waals surface area contributed by atoms with Crippen LogP contribution in [0.3, 0.4) is 0 Å². The van der Waals surface area contributed by atoms with Crippen molar-refractivity contribution in [2.24, 2.45) is 44.8 Å². The summed E-state index contributed by atoms with van der Waals surface area (Å²) in [6, 6.07) is 2.20. The third kappa shape index (κ3) is 2.94. The summed E-state index contributed by atoms with van der Waals surface area (Å²) < 4.78 is 2.23. The fourth-order valence-electron chi connectivity index (χ4n) is 10.5. The van der Waals surface area contributed by atoms with E-state index in [9.17, 15) is 14.9 Å². The molecule has 6 nitrogen and oxygen atoms in total. The zero-order valence-electron chi connectivity index (χ0n) is 24.1. The normalized spacial score (nSPS) is 44.9. The van der Waals surface area contributed by atoms with Crippen molar-refractivity contribution in [3.8, 4) is 6.07 Å². The predicted molar refractivity (Wildman–Crippen MR) is 144 cm³/mol. The third-order valence-electron chi connectivity index (χ3n) is 12.7. The lowest BCUT2D eigenvalue weighted by molar-refractivity contribution is -0.167. The lowest BCUT2D eigenvalue weighted by atomic mass is 9.35. The van der Waals surface area contributed by atoms with Gasteiger partial charge in [-0.2, -0.15) is 5.26 Å². The highest BCUT2D eigenvalue weighted by Gasteiger charge is 2.70. The van der Waals surface area contributed by atoms with Gasteiger partial charge in [0.25, 0.3) is 0 Å². The van der Waals surface area contributed by atoms with Crippen molar-refractivity contribution in [3.05, 3.63) is 36.0 Å². The molecule has 0 unspecified atom stereocenters. The van der Waals surface area contributed by atoms with E-state index in [-0.39, 0.29) is 56.7 Å². The van der Waals surface area contributed by atoms with E-state index < -0.39 is 10.8 Å². The number of aromatic nitrogens is 3. The van der Waals surface area contributed by atoms with Crippen LogP contribution < -0.4 is 0 Å². The standard InChI is InChI=1S/C32H42N4O2/c1-27(2)10-12-32(36-18-34-35-19-36)13-11-31(7)25(21(32)16-27)22(37)14-24-29(5)15-20(17-33)26(38)28(3,4)23(29)8-9-30(24,31)6/h14-15,18-19,21,23,25H,8-13,16H2,1-7H3/t21-,23-,25-,29-,30+,31+,32-/m0/s1. The zero-order valence-corrected chi connectivity index (χ0v) is 24.1. The van der Waals surface area contributed by atoms with Crippen molar-refractivity contribution in [2.75, 3.05) is 0 Å². The second-order valence-electron chi connectivity index (χ2n) is 15.2. The van der Waals surface area contributed by atoms with Gasteiger partial charge in [0, 0.05) is 16.7 Å². The Kier molecular flexibility index (Phi) is 5.11. The first-order valence-electron chi connectivity index (χ1n) is 14.5. The first-order chi connectivity index (χ1) is 17.7. The van der Waals surface area contributed by atoms with Crippen molar-refractivity contribution >= 4 is 11.6 Å². The number of rotatable bonds is 1. The fraction of sp³-hybridized carbons (Fsp3) is 0.719. The summed E-state index contributed by atoms with van der Waals surface area (Å²) in [5, 5.41) is 18.3. The number of carbonyl (C=O) groups excluding carboxylic acids is 2. The molecule has 0 spiro atoms. The highest BCUT2D eigenvalue weighted by molar-refractivity contribution is 6.04. The zero-order chi connectivity index (χ0) is 27.5. The van der Waals surface area contributed by atoms with Crippen LogP contribution >= 0.6 is 0 Å². The SMILES string of the molecule is CC1(C)CC[C@]2(n3cnnc3)CC[C@]3(C)[C@H](C(=O)C=C4[C@@]5(C)C=C(C#N)C(=O)C(C)(C)[C@@H]5CC[C@]43C)[C@@H]2C1. The van der Waals surface area contributed by atoms with Crippen molar-refractivity contribution < 1.29 is 9.59 Å². The van der Waals surface area contributed by atoms with E-state index in [4.69, 9.17) is 0 Å². The number of nitriles is 1. The molecule has 1 aromatic rings. The second kappa shape index (κ2) is 7.55. The van der Waals surface area contributed by atoms with Gasteiger partial charge in [-0.25, -0.2) is 0 Å². The molecule has 1 aromatic heterocycles. The summed E-state index contributed by atoms with van der Waals surface area (Å²) >= 11 is 0. The van der Waals surface area contributed by atoms with E-state index >= 15 is 0 Å². The number of allylic oxidation sites excluding steroid dienone is 4. The first-order valence-corrected chi connectivity index (χ1v) is 14.5. The van der Waals surface area contributed by atoms with E-state index in [2.05, 4.69) is 55.5 Å². The molecular formula is C32H42N4O2. The van der Waals surface area contributed by atoms with Gasteiger partial charge in [0.15, 0.2) is 11.6 Å². The van der Waals surface area contributed by atoms with Crippen LogP contribution in [-0.2, 0) is 15.1 Å². The van der Waals surface area contributed by atoms with Gasteiger partial charge in [-0.3, -0.25) is 9.59 Å². The van der Waals surface area contributed by atoms with Gasteiger partial charge < -0.3 is 4.57 Å². The second-order valence-corrected chi connectivity index (χ2v) is 15.2. The van der Waals surface area contributed by atoms with Crippen molar-refractivity contribution in [1.82, 2.24) is 14.8 Å². The molecule has 5 aliphatic carbocycles. The van der Waals surface area contributed by atoms with Gasteiger partial charge >= 0.3 is 0 Å². The Morgan fingerprint density at radius 2 is 1.61 bits per heavy atom. The number of hydrogen-bond acceptors (Lipinski definition) is 5. The highest BCUT2D eigenvalue weighted by Crippen LogP contribution is 2.74. The maximum atomic E-state index is 14.5. The maximum absolute atomic E-state index is 14.5. The Balaban J connectivity index is 1.54. The third-order valence-corrected chi connectivity index (χ3v) is 12.7. The number of carbonyl (C=O) groups is 2. The minimum atomic E-state index is -0.638. The summed E-state index contributed by atoms with van der Waals surface area (Å²) in [7, 11) is 0. The monoisotopic (exact) mass is 514 g/mol. The molecule has 0 amide bonds. The Labute approximate surface area is 227 Å². The molecule has 3 fully saturated rings. The molecule has 0 N–H and O–H groups in total. The summed E-state index contributed by atoms with van der Waals surface area (Å²) in [5.41, 5.74) is -0.0695. The van der Waals surface area contributed by atoms with Gasteiger partial charge in [-0.05, 0) is 79.1 Å². The molecule has 0 aromatic carbocycles. The van der Waals surface area contributed by atoms with E-state index in [0.29, 0.717) is 0 Å². The van der Waals surface area contributed by atoms with E-state index in [0.717, 1.165) is 50.5 Å². The highest BCUT2D eigenvalue weighted by atomic mass is 16.1. The van der Waals surface area contributed by atoms with Gasteiger partial charge in [0.2, 0.25) is 0 Å². The first kappa shape index (κ1) is 25.7. The van der Waals surface area contributed by atoms with Gasteiger partial charge in [-0.15, -0.1) is 10.2 Å². The van der Waals surface area contributed by atoms with Gasteiger partial charge in [0.1, 0.15) is 18.7 Å². The minimum absolute atomic E-state index is 0.0567. The van der Waals surface area contributed by atoms with Gasteiger partial charge in [-0.1, -0.05) is 60.1 Å². The Hall–Kier alpha value is -2.55. The van der Waals surface area contributed by atoms with Crippen LogP contribution in [0.25, 0.3) is 0 Å². The van der Waals surface area contributed by atoms with Gasteiger partial charge in [0.05, 0.1) is 11.1 Å². The molecule has 0 radical (unpaired) electrons. The van der Waals surface area contributed by atoms with E-state index in [1.807, 2.05) is 38.7 Å². The van der Waals surface area contributed by atoms with Crippen LogP contribution in [-0.4, -0.2) is 26.3 Å². The lowest BCUT2D eigenvalue weighted by Gasteiger charge is -2.69. The number of fused-ring (bicyclic) bond motifs is 7. The molecular weight excluding hydrogens is 472 g/mol. The van der Waals surface area contributed by atoms with Crippen LogP contribution in [0.1, 0.15) is 93.4 Å². The quantitative estimate of drug-likeness (QED) is 0.445. The summed E-state index contributed by atoms with van der Waals surface area (Å²) in [5.74, 6) is 0.384. The molecule has 0 bridgehead atoms. The number of Topliss-reactive ketones (excluding diaryl/α,β-unsaturated/α-hetero) is 1. The molecule has 3 saturated carbocycles. The summed E-state index contributed by atoms with van der Waals surface area (Å²) in [4.78, 5) is 27.8. The Morgan fingerprint density at radius 3 is 2.26 bits per heavy atom. The maximum Gasteiger partial charge on any atom is 0.178 e. The molecule has 202 valence electrons. The predicted octanol–water partition coefficient (Wildman–Crippen LogP) is 6.21. The smallest absolute Gasteiger partial charge is 0.178 e. The number of nitrogens with zero attached hydrogens (tertiary/aromatic N) is 4. The van der Waals surface area contributed by atoms with Crippen LogP contribution in [0.4, 0.5) is 0 Å². The van der Waals surface area contributed by atoms with Crippen LogP contribution in [0.2, 0.25) is 0 Å². The lowest BCUT2D eigenvalue weighted by Crippen LogP contribution is -2.66. The molecule has 38 heavy (non-hydrogen) atoms. The summed E-state index contributed by atoms with van der Waals surface area (Å²) in [6.45, 7) is 15.7. The average Bonchev–Trinajstić information content (AvgIpc) is 3.38. The van der Waals surface area contributed by atoms with Crippen molar-refractivity contribution in [1.29, 1.82) is 5.26 Å². The van der Waals surface area contributed by atoms with Crippen molar-refractivity contribution in [3.63, 3.8) is 0 Å². The van der Waals surface area contributed by atoms with E-state index in [1.165, 1.54) is 0 Å². The van der Waals surface area contributed by atoms with Crippen LogP contribution in [0, 0.1) is 56.2 Å².